The summed E-state index contributed by atoms with van der Waals surface area (Å²) in [6, 6.07) is 9.11. The zero-order valence-electron chi connectivity index (χ0n) is 14.4. The summed E-state index contributed by atoms with van der Waals surface area (Å²) >= 11 is 0. The number of sulfone groups is 1. The molecule has 0 spiro atoms. The molecule has 3 rings (SSSR count). The number of carbonyl (C=O) groups is 1. The van der Waals surface area contributed by atoms with E-state index in [1.807, 2.05) is 37.3 Å². The van der Waals surface area contributed by atoms with Crippen molar-refractivity contribution in [3.8, 4) is 11.3 Å². The van der Waals surface area contributed by atoms with Gasteiger partial charge < -0.3 is 9.42 Å². The Balaban J connectivity index is 1.97. The summed E-state index contributed by atoms with van der Waals surface area (Å²) in [5.74, 6) is 0.413. The summed E-state index contributed by atoms with van der Waals surface area (Å²) in [6.07, 6.45) is 1.24. The Morgan fingerprint density at radius 2 is 2.04 bits per heavy atom. The number of aryl methyl sites for hydroxylation is 1. The number of carbonyl (C=O) groups excluding carboxylic acids is 1. The molecule has 1 aromatic carbocycles. The summed E-state index contributed by atoms with van der Waals surface area (Å²) in [5.41, 5.74) is 1.73. The molecule has 1 amide bonds. The van der Waals surface area contributed by atoms with Crippen molar-refractivity contribution in [1.29, 1.82) is 0 Å². The van der Waals surface area contributed by atoms with Gasteiger partial charge in [-0.25, -0.2) is 8.42 Å². The van der Waals surface area contributed by atoms with E-state index in [1.54, 1.807) is 11.8 Å². The van der Waals surface area contributed by atoms with E-state index in [4.69, 9.17) is 4.52 Å². The third-order valence-corrected chi connectivity index (χ3v) is 6.25. The Morgan fingerprint density at radius 3 is 2.64 bits per heavy atom. The number of nitrogens with zero attached hydrogens (tertiary/aromatic N) is 2. The van der Waals surface area contributed by atoms with Gasteiger partial charge >= 0.3 is 0 Å². The van der Waals surface area contributed by atoms with Crippen LogP contribution in [0.1, 0.15) is 35.9 Å². The van der Waals surface area contributed by atoms with Crippen LogP contribution in [0.3, 0.4) is 0 Å². The smallest absolute Gasteiger partial charge is 0.260 e. The number of rotatable bonds is 5. The average molecular weight is 362 g/mol. The Kier molecular flexibility index (Phi) is 4.94. The van der Waals surface area contributed by atoms with Gasteiger partial charge in [0.25, 0.3) is 5.91 Å². The molecule has 6 nitrogen and oxygen atoms in total. The highest BCUT2D eigenvalue weighted by Gasteiger charge is 2.36. The van der Waals surface area contributed by atoms with Crippen LogP contribution in [0.4, 0.5) is 0 Å². The van der Waals surface area contributed by atoms with E-state index in [9.17, 15) is 13.2 Å². The Hall–Kier alpha value is -2.15. The molecule has 0 unspecified atom stereocenters. The Labute approximate surface area is 147 Å². The molecule has 0 saturated carbocycles. The molecule has 0 aliphatic carbocycles. The number of hydrogen-bond donors (Lipinski definition) is 0. The zero-order chi connectivity index (χ0) is 18.0. The van der Waals surface area contributed by atoms with Crippen molar-refractivity contribution in [1.82, 2.24) is 10.1 Å². The molecule has 2 aromatic rings. The second kappa shape index (κ2) is 7.00. The van der Waals surface area contributed by atoms with Crippen LogP contribution in [0.2, 0.25) is 0 Å². The molecular weight excluding hydrogens is 340 g/mol. The first-order valence-corrected chi connectivity index (χ1v) is 10.3. The van der Waals surface area contributed by atoms with Crippen molar-refractivity contribution in [3.05, 3.63) is 41.7 Å². The fourth-order valence-corrected chi connectivity index (χ4v) is 5.00. The third-order valence-electron chi connectivity index (χ3n) is 4.50. The van der Waals surface area contributed by atoms with E-state index in [2.05, 4.69) is 5.16 Å². The van der Waals surface area contributed by atoms with Gasteiger partial charge in [-0.15, -0.1) is 0 Å². The van der Waals surface area contributed by atoms with Gasteiger partial charge in [-0.3, -0.25) is 4.79 Å². The highest BCUT2D eigenvalue weighted by molar-refractivity contribution is 7.91. The summed E-state index contributed by atoms with van der Waals surface area (Å²) < 4.78 is 29.0. The number of benzene rings is 1. The molecule has 1 atom stereocenters. The quantitative estimate of drug-likeness (QED) is 0.817. The maximum atomic E-state index is 13.2. The minimum absolute atomic E-state index is 0.0315. The molecule has 134 valence electrons. The molecule has 1 fully saturated rings. The van der Waals surface area contributed by atoms with Crippen molar-refractivity contribution in [2.24, 2.45) is 0 Å². The van der Waals surface area contributed by atoms with Gasteiger partial charge in [-0.2, -0.15) is 0 Å². The van der Waals surface area contributed by atoms with Gasteiger partial charge in [0.05, 0.1) is 11.5 Å². The standard InChI is InChI=1S/C18H22N2O4S/c1-3-10-20(15-9-11-25(22,23)12-15)18(21)16-13(2)24-19-17(16)14-7-5-4-6-8-14/h4-8,15H,3,9-12H2,1-2H3/t15-/m0/s1. The van der Waals surface area contributed by atoms with Gasteiger partial charge in [0.15, 0.2) is 9.84 Å². The minimum atomic E-state index is -3.07. The average Bonchev–Trinajstić information content (AvgIpc) is 3.15. The molecular formula is C18H22N2O4S. The lowest BCUT2D eigenvalue weighted by Gasteiger charge is -2.28. The van der Waals surface area contributed by atoms with E-state index in [0.29, 0.717) is 30.0 Å². The van der Waals surface area contributed by atoms with Gasteiger partial charge in [0.2, 0.25) is 0 Å². The molecule has 0 radical (unpaired) electrons. The third kappa shape index (κ3) is 3.61. The van der Waals surface area contributed by atoms with Crippen LogP contribution in [-0.4, -0.2) is 48.5 Å². The van der Waals surface area contributed by atoms with Gasteiger partial charge in [-0.05, 0) is 19.8 Å². The number of hydrogen-bond acceptors (Lipinski definition) is 5. The van der Waals surface area contributed by atoms with E-state index >= 15 is 0 Å². The molecule has 25 heavy (non-hydrogen) atoms. The molecule has 0 N–H and O–H groups in total. The van der Waals surface area contributed by atoms with Crippen molar-refractivity contribution in [2.75, 3.05) is 18.1 Å². The summed E-state index contributed by atoms with van der Waals surface area (Å²) in [7, 11) is -3.07. The second-order valence-electron chi connectivity index (χ2n) is 6.38. The van der Waals surface area contributed by atoms with E-state index in [0.717, 1.165) is 12.0 Å². The SMILES string of the molecule is CCCN(C(=O)c1c(-c2ccccc2)noc1C)[C@H]1CCS(=O)(=O)C1. The first kappa shape index (κ1) is 17.7. The zero-order valence-corrected chi connectivity index (χ0v) is 15.3. The summed E-state index contributed by atoms with van der Waals surface area (Å²) in [4.78, 5) is 14.9. The molecule has 7 heteroatoms. The molecule has 1 aliphatic rings. The van der Waals surface area contributed by atoms with Gasteiger partial charge in [0, 0.05) is 18.2 Å². The largest absolute Gasteiger partial charge is 0.360 e. The fourth-order valence-electron chi connectivity index (χ4n) is 3.27. The number of aromatic nitrogens is 1. The van der Waals surface area contributed by atoms with E-state index in [-0.39, 0.29) is 23.5 Å². The van der Waals surface area contributed by atoms with Crippen molar-refractivity contribution in [3.63, 3.8) is 0 Å². The monoisotopic (exact) mass is 362 g/mol. The van der Waals surface area contributed by atoms with Crippen molar-refractivity contribution < 1.29 is 17.7 Å². The van der Waals surface area contributed by atoms with Crippen LogP contribution in [0, 0.1) is 6.92 Å². The van der Waals surface area contributed by atoms with Crippen LogP contribution in [0.15, 0.2) is 34.9 Å². The summed E-state index contributed by atoms with van der Waals surface area (Å²) in [5, 5.41) is 4.06. The first-order valence-electron chi connectivity index (χ1n) is 8.46. The molecule has 0 bridgehead atoms. The van der Waals surface area contributed by atoms with Crippen LogP contribution >= 0.6 is 0 Å². The molecule has 2 heterocycles. The van der Waals surface area contributed by atoms with Crippen molar-refractivity contribution >= 4 is 15.7 Å². The normalized spacial score (nSPS) is 19.0. The van der Waals surface area contributed by atoms with Gasteiger partial charge in [-0.1, -0.05) is 42.4 Å². The second-order valence-corrected chi connectivity index (χ2v) is 8.61. The molecule has 1 saturated heterocycles. The van der Waals surface area contributed by atoms with Crippen LogP contribution in [0.25, 0.3) is 11.3 Å². The lowest BCUT2D eigenvalue weighted by atomic mass is 10.0. The maximum Gasteiger partial charge on any atom is 0.260 e. The maximum absolute atomic E-state index is 13.2. The first-order chi connectivity index (χ1) is 11.9. The van der Waals surface area contributed by atoms with Crippen LogP contribution < -0.4 is 0 Å². The lowest BCUT2D eigenvalue weighted by Crippen LogP contribution is -2.42. The molecule has 1 aliphatic heterocycles. The predicted octanol–water partition coefficient (Wildman–Crippen LogP) is 2.69. The highest BCUT2D eigenvalue weighted by Crippen LogP contribution is 2.28. The molecule has 1 aromatic heterocycles. The predicted molar refractivity (Wildman–Crippen MR) is 95.1 cm³/mol. The van der Waals surface area contributed by atoms with Crippen LogP contribution in [0.5, 0.6) is 0 Å². The van der Waals surface area contributed by atoms with Gasteiger partial charge in [0.1, 0.15) is 17.0 Å². The minimum Gasteiger partial charge on any atom is -0.360 e. The van der Waals surface area contributed by atoms with E-state index < -0.39 is 9.84 Å². The highest BCUT2D eigenvalue weighted by atomic mass is 32.2. The lowest BCUT2D eigenvalue weighted by molar-refractivity contribution is 0.0696. The number of amides is 1. The van der Waals surface area contributed by atoms with E-state index in [1.165, 1.54) is 0 Å². The topological polar surface area (TPSA) is 80.5 Å². The summed E-state index contributed by atoms with van der Waals surface area (Å²) in [6.45, 7) is 4.20. The Bertz CT molecular complexity index is 858. The fraction of sp³-hybridized carbons (Fsp3) is 0.444. The van der Waals surface area contributed by atoms with Crippen LogP contribution in [-0.2, 0) is 9.84 Å². The van der Waals surface area contributed by atoms with Crippen molar-refractivity contribution in [2.45, 2.75) is 32.7 Å². The Morgan fingerprint density at radius 1 is 1.32 bits per heavy atom.